The van der Waals surface area contributed by atoms with Gasteiger partial charge in [-0.3, -0.25) is 4.79 Å². The molecule has 2 rings (SSSR count). The zero-order valence-electron chi connectivity index (χ0n) is 14.1. The maximum Gasteiger partial charge on any atom is 0.341 e. The molecule has 0 saturated heterocycles. The fraction of sp³-hybridized carbons (Fsp3) is 0.250. The first-order valence-corrected chi connectivity index (χ1v) is 9.86. The average Bonchev–Trinajstić information content (AvgIpc) is 3.11. The van der Waals surface area contributed by atoms with Crippen LogP contribution in [0.25, 0.3) is 0 Å². The molecular formula is C16H18N2O6S2. The van der Waals surface area contributed by atoms with E-state index in [1.165, 1.54) is 18.5 Å². The van der Waals surface area contributed by atoms with Crippen molar-refractivity contribution in [3.63, 3.8) is 0 Å². The van der Waals surface area contributed by atoms with Crippen molar-refractivity contribution >= 4 is 33.2 Å². The Bertz CT molecular complexity index is 890. The van der Waals surface area contributed by atoms with E-state index in [9.17, 15) is 18.0 Å². The Balaban J connectivity index is 2.01. The minimum Gasteiger partial charge on any atom is -0.482 e. The number of ether oxygens (including phenoxy) is 1. The summed E-state index contributed by atoms with van der Waals surface area (Å²) in [6.45, 7) is 1.35. The number of carbonyl (C=O) groups is 2. The molecule has 0 aliphatic rings. The Kier molecular flexibility index (Phi) is 6.35. The zero-order valence-corrected chi connectivity index (χ0v) is 15.7. The van der Waals surface area contributed by atoms with Crippen molar-refractivity contribution in [1.82, 2.24) is 10.0 Å². The highest BCUT2D eigenvalue weighted by molar-refractivity contribution is 7.89. The van der Waals surface area contributed by atoms with Gasteiger partial charge in [-0.05, 0) is 37.7 Å². The van der Waals surface area contributed by atoms with Gasteiger partial charge in [-0.25, -0.2) is 17.9 Å². The van der Waals surface area contributed by atoms with Gasteiger partial charge in [-0.2, -0.15) is 0 Å². The molecule has 0 aliphatic carbocycles. The van der Waals surface area contributed by atoms with Gasteiger partial charge >= 0.3 is 5.97 Å². The third-order valence-corrected chi connectivity index (χ3v) is 5.94. The zero-order chi connectivity index (χ0) is 19.3. The summed E-state index contributed by atoms with van der Waals surface area (Å²) in [5, 5.41) is 12.8. The van der Waals surface area contributed by atoms with Crippen LogP contribution in [0.1, 0.15) is 28.2 Å². The number of thiophene rings is 1. The first-order valence-electron chi connectivity index (χ1n) is 7.50. The molecule has 0 saturated carbocycles. The molecule has 1 aromatic heterocycles. The fourth-order valence-corrected chi connectivity index (χ4v) is 3.95. The number of carboxylic acid groups (broad SMARTS) is 1. The Morgan fingerprint density at radius 1 is 1.27 bits per heavy atom. The van der Waals surface area contributed by atoms with Gasteiger partial charge in [0.25, 0.3) is 5.91 Å². The molecule has 8 nitrogen and oxygen atoms in total. The first-order chi connectivity index (χ1) is 12.2. The minimum atomic E-state index is -3.58. The summed E-state index contributed by atoms with van der Waals surface area (Å²) in [6.07, 6.45) is 0. The summed E-state index contributed by atoms with van der Waals surface area (Å²) in [4.78, 5) is 23.1. The Labute approximate surface area is 154 Å². The lowest BCUT2D eigenvalue weighted by Gasteiger charge is -2.14. The SMILES string of the molecule is CNS(=O)(=O)c1csc(C(=O)NC(C)c2ccc(OCC(=O)O)cc2)c1. The predicted octanol–water partition coefficient (Wildman–Crippen LogP) is 1.61. The molecular weight excluding hydrogens is 380 g/mol. The van der Waals surface area contributed by atoms with Gasteiger partial charge in [0.2, 0.25) is 10.0 Å². The Morgan fingerprint density at radius 2 is 1.92 bits per heavy atom. The van der Waals surface area contributed by atoms with Crippen molar-refractivity contribution in [2.45, 2.75) is 17.9 Å². The lowest BCUT2D eigenvalue weighted by atomic mass is 10.1. The molecule has 1 aromatic carbocycles. The largest absolute Gasteiger partial charge is 0.482 e. The van der Waals surface area contributed by atoms with E-state index in [0.29, 0.717) is 5.75 Å². The van der Waals surface area contributed by atoms with E-state index in [4.69, 9.17) is 9.84 Å². The molecule has 0 bridgehead atoms. The highest BCUT2D eigenvalue weighted by Crippen LogP contribution is 2.21. The molecule has 1 unspecified atom stereocenters. The van der Waals surface area contributed by atoms with Crippen LogP contribution in [0.4, 0.5) is 0 Å². The topological polar surface area (TPSA) is 122 Å². The third kappa shape index (κ3) is 5.04. The second-order valence-electron chi connectivity index (χ2n) is 5.30. The van der Waals surface area contributed by atoms with Crippen LogP contribution < -0.4 is 14.8 Å². The van der Waals surface area contributed by atoms with E-state index in [-0.39, 0.29) is 21.7 Å². The van der Waals surface area contributed by atoms with Crippen LogP contribution in [0.2, 0.25) is 0 Å². The normalized spacial score (nSPS) is 12.4. The van der Waals surface area contributed by atoms with Crippen LogP contribution in [0.15, 0.2) is 40.6 Å². The summed E-state index contributed by atoms with van der Waals surface area (Å²) in [5.41, 5.74) is 0.792. The lowest BCUT2D eigenvalue weighted by Crippen LogP contribution is -2.26. The van der Waals surface area contributed by atoms with Gasteiger partial charge in [-0.15, -0.1) is 11.3 Å². The number of nitrogens with one attached hydrogen (secondary N) is 2. The second kappa shape index (κ2) is 8.30. The number of hydrogen-bond acceptors (Lipinski definition) is 6. The monoisotopic (exact) mass is 398 g/mol. The van der Waals surface area contributed by atoms with Gasteiger partial charge in [0.15, 0.2) is 6.61 Å². The number of carboxylic acids is 1. The smallest absolute Gasteiger partial charge is 0.341 e. The quantitative estimate of drug-likeness (QED) is 0.621. The van der Waals surface area contributed by atoms with E-state index in [0.717, 1.165) is 16.9 Å². The van der Waals surface area contributed by atoms with Crippen LogP contribution in [-0.2, 0) is 14.8 Å². The summed E-state index contributed by atoms with van der Waals surface area (Å²) in [6, 6.07) is 7.65. The summed E-state index contributed by atoms with van der Waals surface area (Å²) >= 11 is 1.04. The number of rotatable bonds is 8. The Hall–Kier alpha value is -2.43. The summed E-state index contributed by atoms with van der Waals surface area (Å²) in [7, 11) is -2.28. The van der Waals surface area contributed by atoms with Crippen molar-refractivity contribution in [3.8, 4) is 5.75 Å². The van der Waals surface area contributed by atoms with Crippen molar-refractivity contribution in [2.75, 3.05) is 13.7 Å². The van der Waals surface area contributed by atoms with E-state index in [1.54, 1.807) is 31.2 Å². The highest BCUT2D eigenvalue weighted by Gasteiger charge is 2.18. The molecule has 26 heavy (non-hydrogen) atoms. The van der Waals surface area contributed by atoms with Crippen molar-refractivity contribution in [1.29, 1.82) is 0 Å². The third-order valence-electron chi connectivity index (χ3n) is 3.47. The van der Waals surface area contributed by atoms with Gasteiger partial charge in [-0.1, -0.05) is 12.1 Å². The minimum absolute atomic E-state index is 0.0442. The predicted molar refractivity (Wildman–Crippen MR) is 96.0 cm³/mol. The number of carbonyl (C=O) groups excluding carboxylic acids is 1. The van der Waals surface area contributed by atoms with Crippen LogP contribution in [-0.4, -0.2) is 39.1 Å². The first kappa shape index (κ1) is 19.9. The molecule has 0 radical (unpaired) electrons. The van der Waals surface area contributed by atoms with Crippen molar-refractivity contribution < 1.29 is 27.9 Å². The molecule has 10 heteroatoms. The fourth-order valence-electron chi connectivity index (χ4n) is 2.05. The summed E-state index contributed by atoms with van der Waals surface area (Å²) in [5.74, 6) is -1.04. The maximum absolute atomic E-state index is 12.3. The van der Waals surface area contributed by atoms with Gasteiger partial charge in [0.1, 0.15) is 5.75 Å². The molecule has 3 N–H and O–H groups in total. The van der Waals surface area contributed by atoms with Crippen LogP contribution in [0.3, 0.4) is 0 Å². The van der Waals surface area contributed by atoms with E-state index in [1.807, 2.05) is 0 Å². The van der Waals surface area contributed by atoms with Crippen LogP contribution in [0, 0.1) is 0 Å². The number of amides is 1. The van der Waals surface area contributed by atoms with Gasteiger partial charge in [0.05, 0.1) is 15.8 Å². The molecule has 1 atom stereocenters. The molecule has 0 spiro atoms. The number of benzene rings is 1. The molecule has 0 fully saturated rings. The number of hydrogen-bond donors (Lipinski definition) is 3. The highest BCUT2D eigenvalue weighted by atomic mass is 32.2. The Morgan fingerprint density at radius 3 is 2.50 bits per heavy atom. The standard InChI is InChI=1S/C16H18N2O6S2/c1-10(11-3-5-12(6-4-11)24-8-15(19)20)18-16(21)14-7-13(9-25-14)26(22,23)17-2/h3-7,9-10,17H,8H2,1-2H3,(H,18,21)(H,19,20). The average molecular weight is 398 g/mol. The van der Waals surface area contributed by atoms with E-state index in [2.05, 4.69) is 10.0 Å². The van der Waals surface area contributed by atoms with E-state index < -0.39 is 22.6 Å². The molecule has 2 aromatic rings. The molecule has 1 heterocycles. The van der Waals surface area contributed by atoms with Crippen LogP contribution in [0.5, 0.6) is 5.75 Å². The number of aliphatic carboxylic acids is 1. The maximum atomic E-state index is 12.3. The van der Waals surface area contributed by atoms with Crippen molar-refractivity contribution in [2.24, 2.45) is 0 Å². The summed E-state index contributed by atoms with van der Waals surface area (Å²) < 4.78 is 30.7. The molecule has 1 amide bonds. The van der Waals surface area contributed by atoms with Crippen molar-refractivity contribution in [3.05, 3.63) is 46.2 Å². The van der Waals surface area contributed by atoms with Crippen LogP contribution >= 0.6 is 11.3 Å². The molecule has 0 aliphatic heterocycles. The second-order valence-corrected chi connectivity index (χ2v) is 8.10. The van der Waals surface area contributed by atoms with E-state index >= 15 is 0 Å². The lowest BCUT2D eigenvalue weighted by molar-refractivity contribution is -0.139. The van der Waals surface area contributed by atoms with Gasteiger partial charge in [0, 0.05) is 5.38 Å². The number of sulfonamides is 1. The van der Waals surface area contributed by atoms with Gasteiger partial charge < -0.3 is 15.2 Å². The molecule has 140 valence electrons.